The van der Waals surface area contributed by atoms with Crippen LogP contribution in [0.3, 0.4) is 0 Å². The monoisotopic (exact) mass is 241 g/mol. The Morgan fingerprint density at radius 1 is 1.41 bits per heavy atom. The molecule has 94 valence electrons. The number of rotatable bonds is 4. The van der Waals surface area contributed by atoms with Crippen LogP contribution in [-0.4, -0.2) is 26.1 Å². The molecule has 0 aromatic heterocycles. The summed E-state index contributed by atoms with van der Waals surface area (Å²) in [5, 5.41) is 2.98. The number of methoxy groups -OCH3 is 1. The van der Waals surface area contributed by atoms with Crippen LogP contribution >= 0.6 is 0 Å². The van der Waals surface area contributed by atoms with Crippen molar-refractivity contribution in [3.05, 3.63) is 29.8 Å². The van der Waals surface area contributed by atoms with Crippen LogP contribution in [0.15, 0.2) is 24.3 Å². The molecule has 0 spiro atoms. The lowest BCUT2D eigenvalue weighted by Gasteiger charge is -2.23. The van der Waals surface area contributed by atoms with E-state index < -0.39 is 11.8 Å². The van der Waals surface area contributed by atoms with E-state index in [4.69, 9.17) is 4.74 Å². The maximum atomic E-state index is 14.0. The molecule has 1 fully saturated rings. The van der Waals surface area contributed by atoms with E-state index in [-0.39, 0.29) is 6.42 Å². The number of halogens is 2. The van der Waals surface area contributed by atoms with E-state index in [1.54, 1.807) is 24.3 Å². The van der Waals surface area contributed by atoms with Crippen molar-refractivity contribution in [2.45, 2.75) is 18.8 Å². The van der Waals surface area contributed by atoms with Crippen molar-refractivity contribution in [1.82, 2.24) is 5.32 Å². The fraction of sp³-hybridized carbons (Fsp3) is 0.538. The highest BCUT2D eigenvalue weighted by Crippen LogP contribution is 2.34. The number of hydrogen-bond donors (Lipinski definition) is 1. The molecule has 1 aromatic carbocycles. The van der Waals surface area contributed by atoms with Crippen LogP contribution in [0.1, 0.15) is 12.0 Å². The summed E-state index contributed by atoms with van der Waals surface area (Å²) >= 11 is 0. The Balaban J connectivity index is 2.13. The molecule has 1 aliphatic heterocycles. The Morgan fingerprint density at radius 3 is 2.82 bits per heavy atom. The van der Waals surface area contributed by atoms with Gasteiger partial charge in [0.15, 0.2) is 0 Å². The largest absolute Gasteiger partial charge is 0.496 e. The predicted molar refractivity (Wildman–Crippen MR) is 62.6 cm³/mol. The van der Waals surface area contributed by atoms with Crippen LogP contribution in [0.4, 0.5) is 8.78 Å². The van der Waals surface area contributed by atoms with Crippen molar-refractivity contribution in [3.63, 3.8) is 0 Å². The molecule has 1 atom stereocenters. The Hall–Kier alpha value is -1.16. The molecule has 0 bridgehead atoms. The van der Waals surface area contributed by atoms with Gasteiger partial charge < -0.3 is 10.1 Å². The second-order valence-corrected chi connectivity index (χ2v) is 4.44. The standard InChI is InChI=1S/C13H17F2NO/c1-17-12-5-3-2-4-10(12)8-13(14,15)11-6-7-16-9-11/h2-5,11,16H,6-9H2,1H3. The number of nitrogens with one attached hydrogen (secondary N) is 1. The number of alkyl halides is 2. The molecule has 4 heteroatoms. The van der Waals surface area contributed by atoms with Crippen LogP contribution in [0.2, 0.25) is 0 Å². The minimum absolute atomic E-state index is 0.247. The van der Waals surface area contributed by atoms with Gasteiger partial charge in [0, 0.05) is 24.4 Å². The first-order valence-corrected chi connectivity index (χ1v) is 5.84. The molecule has 0 amide bonds. The van der Waals surface area contributed by atoms with E-state index in [0.29, 0.717) is 30.8 Å². The SMILES string of the molecule is COc1ccccc1CC(F)(F)C1CCNC1. The molecule has 1 saturated heterocycles. The Labute approximate surface area is 100.0 Å². The molecule has 0 radical (unpaired) electrons. The van der Waals surface area contributed by atoms with Gasteiger partial charge in [0.1, 0.15) is 5.75 Å². The van der Waals surface area contributed by atoms with Crippen LogP contribution in [0.25, 0.3) is 0 Å². The lowest BCUT2D eigenvalue weighted by molar-refractivity contribution is -0.0503. The second-order valence-electron chi connectivity index (χ2n) is 4.44. The van der Waals surface area contributed by atoms with Crippen LogP contribution in [-0.2, 0) is 6.42 Å². The van der Waals surface area contributed by atoms with Crippen molar-refractivity contribution in [2.24, 2.45) is 5.92 Å². The van der Waals surface area contributed by atoms with Crippen LogP contribution in [0, 0.1) is 5.92 Å². The highest BCUT2D eigenvalue weighted by molar-refractivity contribution is 5.34. The first kappa shape index (κ1) is 12.3. The summed E-state index contributed by atoms with van der Waals surface area (Å²) in [6, 6.07) is 6.98. The first-order valence-electron chi connectivity index (χ1n) is 5.84. The summed E-state index contributed by atoms with van der Waals surface area (Å²) in [4.78, 5) is 0. The molecule has 2 nitrogen and oxygen atoms in total. The fourth-order valence-corrected chi connectivity index (χ4v) is 2.26. The molecular weight excluding hydrogens is 224 g/mol. The maximum absolute atomic E-state index is 14.0. The van der Waals surface area contributed by atoms with Crippen molar-refractivity contribution in [1.29, 1.82) is 0 Å². The van der Waals surface area contributed by atoms with E-state index in [9.17, 15) is 8.78 Å². The van der Waals surface area contributed by atoms with Crippen LogP contribution < -0.4 is 10.1 Å². The molecular formula is C13H17F2NO. The van der Waals surface area contributed by atoms with Gasteiger partial charge in [-0.2, -0.15) is 0 Å². The summed E-state index contributed by atoms with van der Waals surface area (Å²) < 4.78 is 33.2. The summed E-state index contributed by atoms with van der Waals surface area (Å²) in [6.07, 6.45) is 0.297. The van der Waals surface area contributed by atoms with Gasteiger partial charge in [0.25, 0.3) is 5.92 Å². The lowest BCUT2D eigenvalue weighted by atomic mass is 9.94. The summed E-state index contributed by atoms with van der Waals surface area (Å²) in [5.74, 6) is -2.69. The Bertz CT molecular complexity index is 375. The quantitative estimate of drug-likeness (QED) is 0.874. The van der Waals surface area contributed by atoms with Gasteiger partial charge in [-0.1, -0.05) is 18.2 Å². The molecule has 0 aliphatic carbocycles. The number of para-hydroxylation sites is 1. The van der Waals surface area contributed by atoms with Crippen molar-refractivity contribution in [3.8, 4) is 5.75 Å². The minimum Gasteiger partial charge on any atom is -0.496 e. The first-order chi connectivity index (χ1) is 8.13. The van der Waals surface area contributed by atoms with Gasteiger partial charge in [-0.3, -0.25) is 0 Å². The normalized spacial score (nSPS) is 20.5. The summed E-state index contributed by atoms with van der Waals surface area (Å²) in [6.45, 7) is 1.09. The zero-order valence-electron chi connectivity index (χ0n) is 9.88. The van der Waals surface area contributed by atoms with Gasteiger partial charge in [-0.15, -0.1) is 0 Å². The van der Waals surface area contributed by atoms with Gasteiger partial charge in [-0.25, -0.2) is 8.78 Å². The lowest BCUT2D eigenvalue weighted by Crippen LogP contribution is -2.32. The summed E-state index contributed by atoms with van der Waals surface area (Å²) in [5.41, 5.74) is 0.576. The molecule has 1 aromatic rings. The number of hydrogen-bond acceptors (Lipinski definition) is 2. The fourth-order valence-electron chi connectivity index (χ4n) is 2.26. The minimum atomic E-state index is -2.67. The topological polar surface area (TPSA) is 21.3 Å². The van der Waals surface area contributed by atoms with Crippen molar-refractivity contribution >= 4 is 0 Å². The van der Waals surface area contributed by atoms with E-state index in [2.05, 4.69) is 5.32 Å². The highest BCUT2D eigenvalue weighted by atomic mass is 19.3. The predicted octanol–water partition coefficient (Wildman–Crippen LogP) is 2.48. The maximum Gasteiger partial charge on any atom is 0.256 e. The second kappa shape index (κ2) is 5.00. The molecule has 1 aliphatic rings. The summed E-state index contributed by atoms with van der Waals surface area (Å²) in [7, 11) is 1.51. The van der Waals surface area contributed by atoms with Gasteiger partial charge in [0.05, 0.1) is 7.11 Å². The third-order valence-electron chi connectivity index (χ3n) is 3.28. The zero-order valence-corrected chi connectivity index (χ0v) is 9.88. The van der Waals surface area contributed by atoms with E-state index in [1.807, 2.05) is 0 Å². The average molecular weight is 241 g/mol. The van der Waals surface area contributed by atoms with Gasteiger partial charge in [-0.05, 0) is 19.0 Å². The third-order valence-corrected chi connectivity index (χ3v) is 3.28. The van der Waals surface area contributed by atoms with Gasteiger partial charge in [0.2, 0.25) is 0 Å². The van der Waals surface area contributed by atoms with Gasteiger partial charge >= 0.3 is 0 Å². The highest BCUT2D eigenvalue weighted by Gasteiger charge is 2.41. The van der Waals surface area contributed by atoms with E-state index >= 15 is 0 Å². The number of ether oxygens (including phenoxy) is 1. The number of benzene rings is 1. The van der Waals surface area contributed by atoms with E-state index in [0.717, 1.165) is 0 Å². The molecule has 1 heterocycles. The van der Waals surface area contributed by atoms with Crippen LogP contribution in [0.5, 0.6) is 5.75 Å². The average Bonchev–Trinajstić information content (AvgIpc) is 2.83. The smallest absolute Gasteiger partial charge is 0.256 e. The molecule has 2 rings (SSSR count). The molecule has 1 unspecified atom stereocenters. The van der Waals surface area contributed by atoms with E-state index in [1.165, 1.54) is 7.11 Å². The third kappa shape index (κ3) is 2.75. The Morgan fingerprint density at radius 2 is 2.18 bits per heavy atom. The Kier molecular flexibility index (Phi) is 3.62. The van der Waals surface area contributed by atoms with Crippen molar-refractivity contribution < 1.29 is 13.5 Å². The molecule has 0 saturated carbocycles. The zero-order chi connectivity index (χ0) is 12.3. The van der Waals surface area contributed by atoms with Crippen molar-refractivity contribution in [2.75, 3.05) is 20.2 Å². The molecule has 1 N–H and O–H groups in total. The molecule has 17 heavy (non-hydrogen) atoms.